The van der Waals surface area contributed by atoms with E-state index in [2.05, 4.69) is 19.2 Å². The molecule has 1 fully saturated rings. The molecule has 1 heterocycles. The Balaban J connectivity index is 2.19. The fourth-order valence-electron chi connectivity index (χ4n) is 1.97. The third kappa shape index (κ3) is 5.72. The molecule has 20 heavy (non-hydrogen) atoms. The van der Waals surface area contributed by atoms with E-state index in [4.69, 9.17) is 14.2 Å². The lowest BCUT2D eigenvalue weighted by Crippen LogP contribution is -2.20. The Kier molecular flexibility index (Phi) is 6.68. The first-order valence-corrected chi connectivity index (χ1v) is 6.92. The zero-order valence-corrected chi connectivity index (χ0v) is 12.3. The van der Waals surface area contributed by atoms with Gasteiger partial charge in [0.15, 0.2) is 5.79 Å². The van der Waals surface area contributed by atoms with Crippen molar-refractivity contribution in [3.8, 4) is 0 Å². The van der Waals surface area contributed by atoms with Crippen molar-refractivity contribution in [2.45, 2.75) is 51.1 Å². The minimum absolute atomic E-state index is 0.0823. The van der Waals surface area contributed by atoms with Gasteiger partial charge in [-0.15, -0.1) is 6.58 Å². The molecule has 0 saturated carbocycles. The van der Waals surface area contributed by atoms with Crippen LogP contribution in [0.1, 0.15) is 33.1 Å². The molecule has 1 saturated heterocycles. The number of esters is 1. The summed E-state index contributed by atoms with van der Waals surface area (Å²) in [5, 5.41) is 0. The van der Waals surface area contributed by atoms with E-state index in [1.165, 1.54) is 6.08 Å². The van der Waals surface area contributed by atoms with Crippen LogP contribution in [-0.2, 0) is 19.0 Å². The van der Waals surface area contributed by atoms with Crippen molar-refractivity contribution in [1.29, 1.82) is 0 Å². The first kappa shape index (κ1) is 16.7. The maximum atomic E-state index is 10.8. The van der Waals surface area contributed by atoms with Crippen LogP contribution in [0.4, 0.5) is 0 Å². The lowest BCUT2D eigenvalue weighted by Gasteiger charge is -2.15. The maximum Gasteiger partial charge on any atom is 0.330 e. The third-order valence-corrected chi connectivity index (χ3v) is 2.90. The van der Waals surface area contributed by atoms with Gasteiger partial charge in [-0.2, -0.15) is 0 Å². The molecule has 0 bridgehead atoms. The van der Waals surface area contributed by atoms with E-state index in [9.17, 15) is 4.79 Å². The van der Waals surface area contributed by atoms with Crippen molar-refractivity contribution in [3.05, 3.63) is 37.5 Å². The highest BCUT2D eigenvalue weighted by molar-refractivity contribution is 5.81. The summed E-state index contributed by atoms with van der Waals surface area (Å²) < 4.78 is 16.3. The summed E-state index contributed by atoms with van der Waals surface area (Å²) in [6.07, 6.45) is 9.54. The molecule has 0 aromatic rings. The van der Waals surface area contributed by atoms with Crippen LogP contribution in [0.15, 0.2) is 37.5 Å². The molecule has 0 aliphatic carbocycles. The van der Waals surface area contributed by atoms with Gasteiger partial charge in [0.05, 0.1) is 6.61 Å². The molecule has 112 valence electrons. The summed E-state index contributed by atoms with van der Waals surface area (Å²) in [5.41, 5.74) is 0. The van der Waals surface area contributed by atoms with Crippen molar-refractivity contribution < 1.29 is 19.0 Å². The Hall–Kier alpha value is -1.39. The molecule has 0 aromatic carbocycles. The van der Waals surface area contributed by atoms with E-state index in [0.29, 0.717) is 6.61 Å². The van der Waals surface area contributed by atoms with Gasteiger partial charge in [0, 0.05) is 6.08 Å². The summed E-state index contributed by atoms with van der Waals surface area (Å²) in [6.45, 7) is 11.3. The quantitative estimate of drug-likeness (QED) is 0.296. The van der Waals surface area contributed by atoms with E-state index in [1.807, 2.05) is 19.9 Å². The van der Waals surface area contributed by atoms with Gasteiger partial charge in [-0.1, -0.05) is 24.8 Å². The highest BCUT2D eigenvalue weighted by Gasteiger charge is 2.37. The highest BCUT2D eigenvalue weighted by Crippen LogP contribution is 2.29. The molecular formula is C16H24O4. The first-order valence-electron chi connectivity index (χ1n) is 6.92. The predicted octanol–water partition coefficient (Wildman–Crippen LogP) is 3.15. The van der Waals surface area contributed by atoms with E-state index in [-0.39, 0.29) is 18.2 Å². The number of rotatable bonds is 8. The molecule has 0 unspecified atom stereocenters. The Morgan fingerprint density at radius 2 is 1.95 bits per heavy atom. The summed E-state index contributed by atoms with van der Waals surface area (Å²) in [7, 11) is 0. The van der Waals surface area contributed by atoms with Gasteiger partial charge in [0.25, 0.3) is 0 Å². The van der Waals surface area contributed by atoms with Crippen molar-refractivity contribution in [2.24, 2.45) is 0 Å². The Labute approximate surface area is 121 Å². The van der Waals surface area contributed by atoms with Gasteiger partial charge in [0.1, 0.15) is 12.2 Å². The molecule has 1 aliphatic rings. The number of carbonyl (C=O) groups is 1. The lowest BCUT2D eigenvalue weighted by molar-refractivity contribution is -0.139. The fourth-order valence-corrected chi connectivity index (χ4v) is 1.97. The number of allylic oxidation sites excluding steroid dienone is 1. The van der Waals surface area contributed by atoms with Gasteiger partial charge in [-0.05, 0) is 33.1 Å². The van der Waals surface area contributed by atoms with Crippen LogP contribution in [-0.4, -0.2) is 30.6 Å². The third-order valence-electron chi connectivity index (χ3n) is 2.90. The number of ether oxygens (including phenoxy) is 3. The summed E-state index contributed by atoms with van der Waals surface area (Å²) in [4.78, 5) is 10.8. The highest BCUT2D eigenvalue weighted by atomic mass is 16.7. The largest absolute Gasteiger partial charge is 0.463 e. The minimum atomic E-state index is -0.563. The van der Waals surface area contributed by atoms with Gasteiger partial charge in [0.2, 0.25) is 0 Å². The molecule has 0 amide bonds. The minimum Gasteiger partial charge on any atom is -0.463 e. The van der Waals surface area contributed by atoms with Crippen LogP contribution < -0.4 is 0 Å². The van der Waals surface area contributed by atoms with Crippen molar-refractivity contribution in [1.82, 2.24) is 0 Å². The van der Waals surface area contributed by atoms with E-state index in [1.54, 1.807) is 6.08 Å². The smallest absolute Gasteiger partial charge is 0.330 e. The van der Waals surface area contributed by atoms with Gasteiger partial charge >= 0.3 is 5.97 Å². The van der Waals surface area contributed by atoms with Gasteiger partial charge in [-0.25, -0.2) is 4.79 Å². The summed E-state index contributed by atoms with van der Waals surface area (Å²) >= 11 is 0. The average Bonchev–Trinajstić information content (AvgIpc) is 2.71. The average molecular weight is 280 g/mol. The van der Waals surface area contributed by atoms with Crippen LogP contribution in [0.5, 0.6) is 0 Å². The zero-order valence-electron chi connectivity index (χ0n) is 12.3. The standard InChI is InChI=1S/C16H24O4/c1-5-13-14(20-16(3,4)19-13)11-9-7-8-10-12-18-15(17)6-2/h5-6,9,11,13-14H,1-2,7-8,10,12H2,3-4H3/b11-9+/t13-,14-/m1/s1. The van der Waals surface area contributed by atoms with Crippen LogP contribution in [0.3, 0.4) is 0 Å². The Morgan fingerprint density at radius 1 is 1.25 bits per heavy atom. The van der Waals surface area contributed by atoms with E-state index < -0.39 is 5.79 Å². The predicted molar refractivity (Wildman–Crippen MR) is 78.2 cm³/mol. The van der Waals surface area contributed by atoms with Crippen molar-refractivity contribution >= 4 is 5.97 Å². The molecule has 0 N–H and O–H groups in total. The first-order chi connectivity index (χ1) is 9.48. The molecule has 4 heteroatoms. The second-order valence-corrected chi connectivity index (χ2v) is 5.10. The monoisotopic (exact) mass is 280 g/mol. The lowest BCUT2D eigenvalue weighted by atomic mass is 10.1. The van der Waals surface area contributed by atoms with Crippen LogP contribution in [0, 0.1) is 0 Å². The normalized spacial score (nSPS) is 24.7. The maximum absolute atomic E-state index is 10.8. The number of hydrogen-bond donors (Lipinski definition) is 0. The molecule has 1 aliphatic heterocycles. The van der Waals surface area contributed by atoms with Crippen LogP contribution >= 0.6 is 0 Å². The summed E-state index contributed by atoms with van der Waals surface area (Å²) in [5.74, 6) is -0.930. The molecular weight excluding hydrogens is 256 g/mol. The topological polar surface area (TPSA) is 44.8 Å². The number of carbonyl (C=O) groups excluding carboxylic acids is 1. The molecule has 4 nitrogen and oxygen atoms in total. The second-order valence-electron chi connectivity index (χ2n) is 5.10. The fraction of sp³-hybridized carbons (Fsp3) is 0.562. The SMILES string of the molecule is C=CC(=O)OCCCC/C=C/[C@H]1OC(C)(C)O[C@@H]1C=C. The molecule has 0 aromatic heterocycles. The molecule has 0 spiro atoms. The van der Waals surface area contributed by atoms with Crippen LogP contribution in [0.25, 0.3) is 0 Å². The Morgan fingerprint density at radius 3 is 2.60 bits per heavy atom. The Bertz CT molecular complexity index is 371. The second kappa shape index (κ2) is 8.02. The van der Waals surface area contributed by atoms with E-state index >= 15 is 0 Å². The zero-order chi connectivity index (χ0) is 15.0. The van der Waals surface area contributed by atoms with Gasteiger partial charge < -0.3 is 14.2 Å². The molecule has 0 radical (unpaired) electrons. The van der Waals surface area contributed by atoms with E-state index in [0.717, 1.165) is 19.3 Å². The number of unbranched alkanes of at least 4 members (excludes halogenated alkanes) is 2. The van der Waals surface area contributed by atoms with Crippen molar-refractivity contribution in [3.63, 3.8) is 0 Å². The van der Waals surface area contributed by atoms with Gasteiger partial charge in [-0.3, -0.25) is 0 Å². The van der Waals surface area contributed by atoms with Crippen molar-refractivity contribution in [2.75, 3.05) is 6.61 Å². The number of hydrogen-bond acceptors (Lipinski definition) is 4. The molecule has 2 atom stereocenters. The summed E-state index contributed by atoms with van der Waals surface area (Å²) in [6, 6.07) is 0. The van der Waals surface area contributed by atoms with Crippen LogP contribution in [0.2, 0.25) is 0 Å². The molecule has 1 rings (SSSR count).